The predicted molar refractivity (Wildman–Crippen MR) is 76.4 cm³/mol. The van der Waals surface area contributed by atoms with Gasteiger partial charge in [-0.25, -0.2) is 9.67 Å². The number of nitrogens with one attached hydrogen (secondary N) is 2. The van der Waals surface area contributed by atoms with E-state index >= 15 is 0 Å². The molecular weight excluding hydrogens is 270 g/mol. The minimum Gasteiger partial charge on any atom is -0.328 e. The SMILES string of the molecule is O=C(Nc1ccc(-n2cccn2)nc1)c1ccc(=O)[nH]c1. The summed E-state index contributed by atoms with van der Waals surface area (Å²) in [5.41, 5.74) is 0.671. The molecule has 2 N–H and O–H groups in total. The molecule has 0 bridgehead atoms. The number of aromatic amines is 1. The van der Waals surface area contributed by atoms with Gasteiger partial charge in [0.05, 0.1) is 17.4 Å². The zero-order valence-corrected chi connectivity index (χ0v) is 10.9. The predicted octanol–water partition coefficient (Wildman–Crippen LogP) is 1.21. The summed E-state index contributed by atoms with van der Waals surface area (Å²) in [5.74, 6) is 0.335. The second kappa shape index (κ2) is 5.41. The van der Waals surface area contributed by atoms with Gasteiger partial charge in [-0.05, 0) is 24.3 Å². The molecule has 3 aromatic heterocycles. The zero-order valence-electron chi connectivity index (χ0n) is 10.9. The summed E-state index contributed by atoms with van der Waals surface area (Å²) in [4.78, 5) is 29.6. The Morgan fingerprint density at radius 1 is 1.24 bits per heavy atom. The maximum absolute atomic E-state index is 12.0. The molecular formula is C14H11N5O2. The fourth-order valence-corrected chi connectivity index (χ4v) is 1.75. The molecule has 104 valence electrons. The van der Waals surface area contributed by atoms with Crippen molar-refractivity contribution in [1.82, 2.24) is 19.7 Å². The van der Waals surface area contributed by atoms with Crippen LogP contribution in [-0.2, 0) is 0 Å². The van der Waals surface area contributed by atoms with Gasteiger partial charge in [-0.15, -0.1) is 0 Å². The number of anilines is 1. The van der Waals surface area contributed by atoms with Crippen molar-refractivity contribution in [2.45, 2.75) is 0 Å². The molecule has 0 radical (unpaired) electrons. The van der Waals surface area contributed by atoms with Gasteiger partial charge in [-0.3, -0.25) is 9.59 Å². The van der Waals surface area contributed by atoms with Crippen molar-refractivity contribution in [3.63, 3.8) is 0 Å². The van der Waals surface area contributed by atoms with Crippen LogP contribution in [0, 0.1) is 0 Å². The quantitative estimate of drug-likeness (QED) is 0.754. The number of hydrogen-bond donors (Lipinski definition) is 2. The first-order chi connectivity index (χ1) is 10.2. The molecule has 0 fully saturated rings. The van der Waals surface area contributed by atoms with E-state index in [-0.39, 0.29) is 11.5 Å². The van der Waals surface area contributed by atoms with Crippen molar-refractivity contribution in [1.29, 1.82) is 0 Å². The third-order valence-electron chi connectivity index (χ3n) is 2.79. The van der Waals surface area contributed by atoms with Crippen LogP contribution >= 0.6 is 0 Å². The van der Waals surface area contributed by atoms with Crippen LogP contribution in [0.15, 0.2) is 59.9 Å². The van der Waals surface area contributed by atoms with Gasteiger partial charge in [0.2, 0.25) is 5.56 Å². The average Bonchev–Trinajstić information content (AvgIpc) is 3.03. The Morgan fingerprint density at radius 2 is 2.14 bits per heavy atom. The molecule has 7 heteroatoms. The largest absolute Gasteiger partial charge is 0.328 e. The number of rotatable bonds is 3. The molecule has 0 atom stereocenters. The molecule has 0 aliphatic rings. The van der Waals surface area contributed by atoms with E-state index < -0.39 is 0 Å². The maximum Gasteiger partial charge on any atom is 0.257 e. The minimum absolute atomic E-state index is 0.253. The van der Waals surface area contributed by atoms with E-state index in [1.54, 1.807) is 41.5 Å². The van der Waals surface area contributed by atoms with Crippen molar-refractivity contribution >= 4 is 11.6 Å². The lowest BCUT2D eigenvalue weighted by atomic mass is 10.2. The zero-order chi connectivity index (χ0) is 14.7. The van der Waals surface area contributed by atoms with Gasteiger partial charge in [0.15, 0.2) is 5.82 Å². The number of pyridine rings is 2. The van der Waals surface area contributed by atoms with Crippen LogP contribution in [-0.4, -0.2) is 25.7 Å². The van der Waals surface area contributed by atoms with Crippen LogP contribution in [0.1, 0.15) is 10.4 Å². The molecule has 3 aromatic rings. The summed E-state index contributed by atoms with van der Waals surface area (Å²) in [7, 11) is 0. The van der Waals surface area contributed by atoms with Crippen LogP contribution in [0.3, 0.4) is 0 Å². The van der Waals surface area contributed by atoms with Crippen LogP contribution in [0.5, 0.6) is 0 Å². The topological polar surface area (TPSA) is 92.7 Å². The van der Waals surface area contributed by atoms with Gasteiger partial charge in [-0.2, -0.15) is 5.10 Å². The Labute approximate surface area is 119 Å². The second-order valence-corrected chi connectivity index (χ2v) is 4.25. The Morgan fingerprint density at radius 3 is 2.76 bits per heavy atom. The standard InChI is InChI=1S/C14H11N5O2/c20-13-5-2-10(8-16-13)14(21)18-11-3-4-12(15-9-11)19-7-1-6-17-19/h1-9H,(H,16,20)(H,18,21). The lowest BCUT2D eigenvalue weighted by molar-refractivity contribution is 0.102. The molecule has 0 unspecified atom stereocenters. The second-order valence-electron chi connectivity index (χ2n) is 4.25. The van der Waals surface area contributed by atoms with Gasteiger partial charge in [0.1, 0.15) is 0 Å². The molecule has 21 heavy (non-hydrogen) atoms. The van der Waals surface area contributed by atoms with Crippen molar-refractivity contribution in [2.24, 2.45) is 0 Å². The number of H-pyrrole nitrogens is 1. The summed E-state index contributed by atoms with van der Waals surface area (Å²) in [6, 6.07) is 8.03. The number of aromatic nitrogens is 4. The van der Waals surface area contributed by atoms with Crippen molar-refractivity contribution < 1.29 is 4.79 Å². The Bertz CT molecular complexity index is 786. The fourth-order valence-electron chi connectivity index (χ4n) is 1.75. The Kier molecular flexibility index (Phi) is 3.30. The first-order valence-electron chi connectivity index (χ1n) is 6.18. The van der Waals surface area contributed by atoms with E-state index in [0.29, 0.717) is 17.1 Å². The minimum atomic E-state index is -0.320. The highest BCUT2D eigenvalue weighted by Gasteiger charge is 2.06. The number of hydrogen-bond acceptors (Lipinski definition) is 4. The highest BCUT2D eigenvalue weighted by Crippen LogP contribution is 2.10. The molecule has 0 saturated heterocycles. The highest BCUT2D eigenvalue weighted by molar-refractivity contribution is 6.03. The summed E-state index contributed by atoms with van der Waals surface area (Å²) in [5, 5.41) is 6.76. The molecule has 0 aliphatic heterocycles. The number of nitrogens with zero attached hydrogens (tertiary/aromatic N) is 3. The fraction of sp³-hybridized carbons (Fsp3) is 0. The lowest BCUT2D eigenvalue weighted by Gasteiger charge is -2.05. The van der Waals surface area contributed by atoms with E-state index in [4.69, 9.17) is 0 Å². The lowest BCUT2D eigenvalue weighted by Crippen LogP contribution is -2.14. The smallest absolute Gasteiger partial charge is 0.257 e. The van der Waals surface area contributed by atoms with Crippen molar-refractivity contribution in [3.05, 3.63) is 71.0 Å². The normalized spacial score (nSPS) is 10.3. The molecule has 0 aliphatic carbocycles. The highest BCUT2D eigenvalue weighted by atomic mass is 16.1. The molecule has 3 rings (SSSR count). The monoisotopic (exact) mass is 281 g/mol. The van der Waals surface area contributed by atoms with Gasteiger partial charge in [0, 0.05) is 24.7 Å². The Hall–Kier alpha value is -3.22. The van der Waals surface area contributed by atoms with Crippen molar-refractivity contribution in [3.8, 4) is 5.82 Å². The van der Waals surface area contributed by atoms with E-state index in [2.05, 4.69) is 20.4 Å². The van der Waals surface area contributed by atoms with Gasteiger partial charge in [0.25, 0.3) is 5.91 Å². The summed E-state index contributed by atoms with van der Waals surface area (Å²) < 4.78 is 1.62. The molecule has 7 nitrogen and oxygen atoms in total. The van der Waals surface area contributed by atoms with Crippen LogP contribution in [0.25, 0.3) is 5.82 Å². The number of amides is 1. The molecule has 1 amide bonds. The molecule has 0 saturated carbocycles. The first kappa shape index (κ1) is 12.8. The van der Waals surface area contributed by atoms with E-state index in [1.807, 2.05) is 0 Å². The number of carbonyl (C=O) groups is 1. The van der Waals surface area contributed by atoms with Gasteiger partial charge in [-0.1, -0.05) is 0 Å². The third-order valence-corrected chi connectivity index (χ3v) is 2.79. The van der Waals surface area contributed by atoms with Crippen LogP contribution < -0.4 is 10.9 Å². The first-order valence-corrected chi connectivity index (χ1v) is 6.18. The molecule has 3 heterocycles. The van der Waals surface area contributed by atoms with Crippen LogP contribution in [0.4, 0.5) is 5.69 Å². The molecule has 0 aromatic carbocycles. The average molecular weight is 281 g/mol. The third kappa shape index (κ3) is 2.86. The summed E-state index contributed by atoms with van der Waals surface area (Å²) in [6.07, 6.45) is 6.35. The summed E-state index contributed by atoms with van der Waals surface area (Å²) in [6.45, 7) is 0. The summed E-state index contributed by atoms with van der Waals surface area (Å²) >= 11 is 0. The van der Waals surface area contributed by atoms with Gasteiger partial charge >= 0.3 is 0 Å². The van der Waals surface area contributed by atoms with E-state index in [0.717, 1.165) is 0 Å². The Balaban J connectivity index is 1.74. The van der Waals surface area contributed by atoms with E-state index in [1.165, 1.54) is 18.3 Å². The van der Waals surface area contributed by atoms with E-state index in [9.17, 15) is 9.59 Å². The molecule has 0 spiro atoms. The van der Waals surface area contributed by atoms with Crippen molar-refractivity contribution in [2.75, 3.05) is 5.32 Å². The maximum atomic E-state index is 12.0. The van der Waals surface area contributed by atoms with Gasteiger partial charge < -0.3 is 10.3 Å². The number of carbonyl (C=O) groups excluding carboxylic acids is 1. The van der Waals surface area contributed by atoms with Crippen LogP contribution in [0.2, 0.25) is 0 Å².